The van der Waals surface area contributed by atoms with Crippen molar-refractivity contribution in [3.05, 3.63) is 53.6 Å². The lowest BCUT2D eigenvalue weighted by Gasteiger charge is -2.07. The average molecular weight is 366 g/mol. The number of ether oxygens (including phenoxy) is 1. The summed E-state index contributed by atoms with van der Waals surface area (Å²) in [4.78, 5) is 8.00. The van der Waals surface area contributed by atoms with Crippen molar-refractivity contribution in [2.75, 3.05) is 7.11 Å². The first-order valence-corrected chi connectivity index (χ1v) is 8.97. The van der Waals surface area contributed by atoms with Crippen molar-refractivity contribution in [2.24, 2.45) is 21.7 Å². The first-order valence-electron chi connectivity index (χ1n) is 8.09. The van der Waals surface area contributed by atoms with Gasteiger partial charge in [0, 0.05) is 11.6 Å². The minimum Gasteiger partial charge on any atom is -0.497 e. The summed E-state index contributed by atoms with van der Waals surface area (Å²) in [5.74, 6) is 0.738. The molecule has 3 aromatic rings. The maximum atomic E-state index is 5.45. The second-order valence-electron chi connectivity index (χ2n) is 5.90. The van der Waals surface area contributed by atoms with Gasteiger partial charge >= 0.3 is 0 Å². The van der Waals surface area contributed by atoms with Gasteiger partial charge in [0.05, 0.1) is 29.1 Å². The molecule has 0 saturated heterocycles. The number of imidazole rings is 1. The number of hydrogen-bond donors (Lipinski definition) is 3. The number of guanidine groups is 1. The van der Waals surface area contributed by atoms with Gasteiger partial charge in [0.2, 0.25) is 5.96 Å². The summed E-state index contributed by atoms with van der Waals surface area (Å²) in [7, 11) is 1.65. The Hall–Kier alpha value is -3.00. The summed E-state index contributed by atoms with van der Waals surface area (Å²) in [6.45, 7) is 0. The molecule has 4 rings (SSSR count). The van der Waals surface area contributed by atoms with Crippen LogP contribution in [0.3, 0.4) is 0 Å². The molecule has 0 saturated carbocycles. The summed E-state index contributed by atoms with van der Waals surface area (Å²) in [6.07, 6.45) is 0.847. The van der Waals surface area contributed by atoms with Crippen LogP contribution in [0.2, 0.25) is 0 Å². The highest BCUT2D eigenvalue weighted by molar-refractivity contribution is 8.00. The largest absolute Gasteiger partial charge is 0.497 e. The van der Waals surface area contributed by atoms with Gasteiger partial charge in [0.1, 0.15) is 5.75 Å². The molecule has 1 aliphatic carbocycles. The monoisotopic (exact) mass is 366 g/mol. The fourth-order valence-corrected chi connectivity index (χ4v) is 4.17. The maximum absolute atomic E-state index is 5.45. The summed E-state index contributed by atoms with van der Waals surface area (Å²) in [5.41, 5.74) is 15.9. The zero-order valence-corrected chi connectivity index (χ0v) is 15.0. The lowest BCUT2D eigenvalue weighted by atomic mass is 10.1. The Morgan fingerprint density at radius 3 is 2.92 bits per heavy atom. The van der Waals surface area contributed by atoms with E-state index in [1.54, 1.807) is 18.9 Å². The minimum absolute atomic E-state index is 0.0542. The van der Waals surface area contributed by atoms with E-state index in [2.05, 4.69) is 26.2 Å². The molecule has 0 spiro atoms. The highest BCUT2D eigenvalue weighted by atomic mass is 32.2. The predicted molar refractivity (Wildman–Crippen MR) is 105 cm³/mol. The van der Waals surface area contributed by atoms with E-state index in [1.165, 1.54) is 5.56 Å². The standard InChI is InChI=1S/C18H18N6OS/c1-25-11-6-7-13-14(9-11)22-18(21-13)26-15-8-10-4-2-3-5-12(10)16(15)23-24-17(19)20/h2-7,9,15H,8H2,1H3,(H,21,22)(H4,19,20,24)/b23-16+. The highest BCUT2D eigenvalue weighted by Crippen LogP contribution is 2.35. The number of methoxy groups -OCH3 is 1. The van der Waals surface area contributed by atoms with Gasteiger partial charge in [0.15, 0.2) is 5.16 Å². The van der Waals surface area contributed by atoms with Crippen LogP contribution in [0.15, 0.2) is 57.8 Å². The van der Waals surface area contributed by atoms with Crippen LogP contribution in [0.1, 0.15) is 11.1 Å². The molecule has 1 heterocycles. The lowest BCUT2D eigenvalue weighted by Crippen LogP contribution is -2.22. The summed E-state index contributed by atoms with van der Waals surface area (Å²) in [5, 5.41) is 9.06. The molecule has 1 unspecified atom stereocenters. The minimum atomic E-state index is -0.0542. The van der Waals surface area contributed by atoms with Crippen molar-refractivity contribution in [3.8, 4) is 5.75 Å². The Kier molecular flexibility index (Phi) is 4.26. The fourth-order valence-electron chi connectivity index (χ4n) is 3.03. The van der Waals surface area contributed by atoms with Crippen molar-refractivity contribution in [2.45, 2.75) is 16.8 Å². The summed E-state index contributed by atoms with van der Waals surface area (Å²) >= 11 is 1.62. The summed E-state index contributed by atoms with van der Waals surface area (Å²) < 4.78 is 5.27. The molecule has 0 fully saturated rings. The third-order valence-electron chi connectivity index (χ3n) is 4.20. The van der Waals surface area contributed by atoms with E-state index in [1.807, 2.05) is 36.4 Å². The van der Waals surface area contributed by atoms with Gasteiger partial charge in [-0.3, -0.25) is 0 Å². The Morgan fingerprint density at radius 1 is 1.27 bits per heavy atom. The fraction of sp³-hybridized carbons (Fsp3) is 0.167. The second-order valence-corrected chi connectivity index (χ2v) is 7.09. The van der Waals surface area contributed by atoms with Gasteiger partial charge < -0.3 is 21.2 Å². The molecule has 8 heteroatoms. The van der Waals surface area contributed by atoms with Crippen LogP contribution in [0.4, 0.5) is 0 Å². The van der Waals surface area contributed by atoms with Crippen LogP contribution >= 0.6 is 11.8 Å². The van der Waals surface area contributed by atoms with Gasteiger partial charge in [-0.2, -0.15) is 5.10 Å². The van der Waals surface area contributed by atoms with Crippen LogP contribution < -0.4 is 16.2 Å². The number of nitrogens with one attached hydrogen (secondary N) is 1. The first kappa shape index (κ1) is 16.5. The van der Waals surface area contributed by atoms with Gasteiger partial charge in [0.25, 0.3) is 0 Å². The Labute approximate surface area is 154 Å². The smallest absolute Gasteiger partial charge is 0.211 e. The van der Waals surface area contributed by atoms with Crippen molar-refractivity contribution in [1.29, 1.82) is 0 Å². The molecular weight excluding hydrogens is 348 g/mol. The zero-order chi connectivity index (χ0) is 18.1. The van der Waals surface area contributed by atoms with E-state index in [9.17, 15) is 0 Å². The first-order chi connectivity index (χ1) is 12.6. The van der Waals surface area contributed by atoms with Crippen LogP contribution in [-0.4, -0.2) is 34.0 Å². The maximum Gasteiger partial charge on any atom is 0.211 e. The predicted octanol–water partition coefficient (Wildman–Crippen LogP) is 2.27. The number of aromatic amines is 1. The number of hydrogen-bond acceptors (Lipinski definition) is 5. The molecule has 5 N–H and O–H groups in total. The number of nitrogens with two attached hydrogens (primary N) is 2. The number of nitrogens with zero attached hydrogens (tertiary/aromatic N) is 3. The van der Waals surface area contributed by atoms with Crippen LogP contribution in [-0.2, 0) is 6.42 Å². The van der Waals surface area contributed by atoms with Crippen molar-refractivity contribution < 1.29 is 4.74 Å². The number of thioether (sulfide) groups is 1. The van der Waals surface area contributed by atoms with Crippen LogP contribution in [0, 0.1) is 0 Å². The van der Waals surface area contributed by atoms with Gasteiger partial charge in [-0.15, -0.1) is 5.10 Å². The van der Waals surface area contributed by atoms with Gasteiger partial charge in [-0.25, -0.2) is 4.98 Å². The number of aromatic nitrogens is 2. The SMILES string of the molecule is COc1ccc2nc(SC3Cc4ccccc4/C3=N\N=C(N)N)[nH]c2c1. The van der Waals surface area contributed by atoms with E-state index in [4.69, 9.17) is 16.2 Å². The quantitative estimate of drug-likeness (QED) is 0.372. The van der Waals surface area contributed by atoms with Crippen molar-refractivity contribution in [3.63, 3.8) is 0 Å². The molecule has 132 valence electrons. The summed E-state index contributed by atoms with van der Waals surface area (Å²) in [6, 6.07) is 13.9. The van der Waals surface area contributed by atoms with E-state index >= 15 is 0 Å². The topological polar surface area (TPSA) is 115 Å². The number of H-pyrrole nitrogens is 1. The number of rotatable bonds is 4. The normalized spacial score (nSPS) is 17.4. The molecular formula is C18H18N6OS. The highest BCUT2D eigenvalue weighted by Gasteiger charge is 2.30. The third-order valence-corrected chi connectivity index (χ3v) is 5.29. The molecule has 0 aliphatic heterocycles. The van der Waals surface area contributed by atoms with Crippen molar-refractivity contribution >= 4 is 34.5 Å². The molecule has 0 radical (unpaired) electrons. The molecule has 26 heavy (non-hydrogen) atoms. The Bertz CT molecular complexity index is 1020. The van der Waals surface area contributed by atoms with E-state index in [0.717, 1.165) is 39.6 Å². The lowest BCUT2D eigenvalue weighted by molar-refractivity contribution is 0.415. The molecule has 2 aromatic carbocycles. The molecule has 7 nitrogen and oxygen atoms in total. The molecule has 1 aromatic heterocycles. The van der Waals surface area contributed by atoms with Gasteiger partial charge in [-0.1, -0.05) is 36.0 Å². The van der Waals surface area contributed by atoms with Crippen LogP contribution in [0.25, 0.3) is 11.0 Å². The van der Waals surface area contributed by atoms with E-state index in [0.29, 0.717) is 0 Å². The van der Waals surface area contributed by atoms with E-state index < -0.39 is 0 Å². The Balaban J connectivity index is 1.66. The van der Waals surface area contributed by atoms with Gasteiger partial charge in [-0.05, 0) is 24.1 Å². The number of benzene rings is 2. The average Bonchev–Trinajstić information content (AvgIpc) is 3.19. The van der Waals surface area contributed by atoms with Crippen LogP contribution in [0.5, 0.6) is 5.75 Å². The number of fused-ring (bicyclic) bond motifs is 2. The third kappa shape index (κ3) is 3.11. The molecule has 0 amide bonds. The zero-order valence-electron chi connectivity index (χ0n) is 14.1. The van der Waals surface area contributed by atoms with Crippen molar-refractivity contribution in [1.82, 2.24) is 9.97 Å². The second kappa shape index (κ2) is 6.72. The Morgan fingerprint density at radius 2 is 2.12 bits per heavy atom. The molecule has 1 aliphatic rings. The molecule has 1 atom stereocenters. The molecule has 0 bridgehead atoms. The van der Waals surface area contributed by atoms with E-state index in [-0.39, 0.29) is 11.2 Å².